The smallest absolute Gasteiger partial charge is 0.759 e. The monoisotopic (exact) mass is 200 g/mol. The molecule has 14 heavy (non-hydrogen) atoms. The average Bonchev–Trinajstić information content (AvgIpc) is 2.53. The molecule has 0 fully saturated rings. The van der Waals surface area contributed by atoms with E-state index in [1.807, 2.05) is 42.9 Å². The zero-order valence-corrected chi connectivity index (χ0v) is 9.71. The van der Waals surface area contributed by atoms with Gasteiger partial charge in [0.25, 0.3) is 0 Å². The fourth-order valence-electron chi connectivity index (χ4n) is 0.934. The van der Waals surface area contributed by atoms with Gasteiger partial charge in [0.05, 0.1) is 0 Å². The van der Waals surface area contributed by atoms with Gasteiger partial charge < -0.3 is 22.2 Å². The minimum Gasteiger partial charge on any atom is -0.759 e. The molecule has 2 nitrogen and oxygen atoms in total. The molecule has 0 atom stereocenters. The first-order valence-electron chi connectivity index (χ1n) is 4.18. The molecule has 70 valence electrons. The first kappa shape index (κ1) is 13.5. The summed E-state index contributed by atoms with van der Waals surface area (Å²) >= 11 is 5.11. The molecule has 1 rings (SSSR count). The first-order valence-corrected chi connectivity index (χ1v) is 4.59. The molecule has 0 amide bonds. The van der Waals surface area contributed by atoms with Crippen LogP contribution < -0.4 is 18.9 Å². The van der Waals surface area contributed by atoms with Gasteiger partial charge in [-0.05, 0) is 26.0 Å². The van der Waals surface area contributed by atoms with Crippen LogP contribution in [0.4, 0.5) is 0 Å². The summed E-state index contributed by atoms with van der Waals surface area (Å²) in [4.78, 5) is 4.24. The van der Waals surface area contributed by atoms with E-state index in [0.717, 1.165) is 5.70 Å². The van der Waals surface area contributed by atoms with Crippen LogP contribution in [0.1, 0.15) is 13.8 Å². The van der Waals surface area contributed by atoms with Gasteiger partial charge in [0.1, 0.15) is 0 Å². The number of hydrogen-bond acceptors (Lipinski definition) is 2. The Kier molecular flexibility index (Phi) is 5.86. The molecule has 0 spiro atoms. The van der Waals surface area contributed by atoms with Gasteiger partial charge >= 0.3 is 18.9 Å². The van der Waals surface area contributed by atoms with Gasteiger partial charge in [-0.3, -0.25) is 0 Å². The van der Waals surface area contributed by atoms with Crippen LogP contribution in [0.2, 0.25) is 0 Å². The third-order valence-corrected chi connectivity index (χ3v) is 1.88. The van der Waals surface area contributed by atoms with E-state index < -0.39 is 0 Å². The Labute approximate surface area is 103 Å². The molecular weight excluding hydrogens is 187 g/mol. The molecule has 0 saturated carbocycles. The summed E-state index contributed by atoms with van der Waals surface area (Å²) in [5.41, 5.74) is 0.758. The van der Waals surface area contributed by atoms with Crippen molar-refractivity contribution in [2.24, 2.45) is 4.99 Å². The van der Waals surface area contributed by atoms with Gasteiger partial charge in [0, 0.05) is 24.1 Å². The number of aromatic nitrogens is 1. The van der Waals surface area contributed by atoms with Crippen molar-refractivity contribution in [2.45, 2.75) is 19.9 Å². The molecule has 0 radical (unpaired) electrons. The molecule has 0 unspecified atom stereocenters. The van der Waals surface area contributed by atoms with Gasteiger partial charge in [0.15, 0.2) is 0 Å². The Morgan fingerprint density at radius 2 is 1.86 bits per heavy atom. The van der Waals surface area contributed by atoms with Crippen molar-refractivity contribution in [2.75, 3.05) is 0 Å². The second-order valence-corrected chi connectivity index (χ2v) is 3.45. The third-order valence-electron chi connectivity index (χ3n) is 1.54. The number of aliphatic imine (C=N–C) groups is 1. The molecule has 0 N–H and O–H groups in total. The quantitative estimate of drug-likeness (QED) is 0.273. The second-order valence-electron chi connectivity index (χ2n) is 3.07. The van der Waals surface area contributed by atoms with Crippen LogP contribution in [0.3, 0.4) is 0 Å². The molecule has 0 aliphatic carbocycles. The second kappa shape index (κ2) is 6.08. The van der Waals surface area contributed by atoms with E-state index in [4.69, 9.17) is 12.6 Å². The maximum absolute atomic E-state index is 5.11. The summed E-state index contributed by atoms with van der Waals surface area (Å²) < 4.78 is 1.87. The van der Waals surface area contributed by atoms with E-state index in [9.17, 15) is 0 Å². The fraction of sp³-hybridized carbons (Fsp3) is 0.300. The molecule has 1 heterocycles. The molecule has 4 heteroatoms. The van der Waals surface area contributed by atoms with Gasteiger partial charge in [-0.1, -0.05) is 11.6 Å². The molecule has 1 aromatic heterocycles. The first-order chi connectivity index (χ1) is 6.11. The van der Waals surface area contributed by atoms with Crippen molar-refractivity contribution in [1.82, 2.24) is 4.57 Å². The van der Waals surface area contributed by atoms with E-state index in [-0.39, 0.29) is 24.9 Å². The fourth-order valence-corrected chi connectivity index (χ4v) is 1.25. The minimum absolute atomic E-state index is 0. The predicted molar refractivity (Wildman–Crippen MR) is 59.7 cm³/mol. The van der Waals surface area contributed by atoms with Crippen molar-refractivity contribution >= 4 is 23.4 Å². The zero-order valence-electron chi connectivity index (χ0n) is 8.90. The Balaban J connectivity index is 0.00000169. The van der Waals surface area contributed by atoms with Crippen molar-refractivity contribution in [3.05, 3.63) is 31.1 Å². The largest absolute Gasteiger partial charge is 1.00 e. The maximum atomic E-state index is 5.11. The van der Waals surface area contributed by atoms with Crippen molar-refractivity contribution in [1.29, 1.82) is 0 Å². The standard InChI is InChI=1S/C10H14N2S.Li/c1-8(2)11-10(13)9(3)12-6-4-5-7-12;/h4-8H,3H2,1-2H3,(H,11,13);/q;+1/p-1. The summed E-state index contributed by atoms with van der Waals surface area (Å²) in [5.74, 6) is 0. The summed E-state index contributed by atoms with van der Waals surface area (Å²) in [6, 6.07) is 4.09. The zero-order chi connectivity index (χ0) is 9.84. The van der Waals surface area contributed by atoms with Crippen molar-refractivity contribution in [3.8, 4) is 0 Å². The SMILES string of the molecule is C=C(C([S-])=NC(C)C)n1cccc1.[Li+]. The summed E-state index contributed by atoms with van der Waals surface area (Å²) in [6.07, 6.45) is 3.81. The average molecular weight is 200 g/mol. The number of hydrogen-bond donors (Lipinski definition) is 0. The van der Waals surface area contributed by atoms with Gasteiger partial charge in [-0.25, -0.2) is 0 Å². The third kappa shape index (κ3) is 3.71. The molecule has 1 aromatic rings. The van der Waals surface area contributed by atoms with Crippen molar-refractivity contribution < 1.29 is 18.9 Å². The molecular formula is C10H13LiN2S. The number of nitrogens with zero attached hydrogens (tertiary/aromatic N) is 2. The Morgan fingerprint density at radius 3 is 2.29 bits per heavy atom. The molecule has 0 aromatic carbocycles. The molecule has 0 bridgehead atoms. The van der Waals surface area contributed by atoms with Crippen LogP contribution in [0.5, 0.6) is 0 Å². The topological polar surface area (TPSA) is 17.3 Å². The van der Waals surface area contributed by atoms with E-state index in [0.29, 0.717) is 5.04 Å². The van der Waals surface area contributed by atoms with E-state index in [2.05, 4.69) is 11.6 Å². The Morgan fingerprint density at radius 1 is 1.36 bits per heavy atom. The van der Waals surface area contributed by atoms with E-state index in [1.165, 1.54) is 0 Å². The summed E-state index contributed by atoms with van der Waals surface area (Å²) in [5, 5.41) is 0.575. The van der Waals surface area contributed by atoms with Crippen LogP contribution in [-0.4, -0.2) is 15.7 Å². The Bertz CT molecular complexity index is 315. The van der Waals surface area contributed by atoms with Gasteiger partial charge in [0.2, 0.25) is 0 Å². The van der Waals surface area contributed by atoms with Crippen LogP contribution in [-0.2, 0) is 12.6 Å². The minimum atomic E-state index is 0. The van der Waals surface area contributed by atoms with Gasteiger partial charge in [-0.15, -0.1) is 0 Å². The molecule has 0 aliphatic heterocycles. The number of rotatable bonds is 3. The molecule has 0 saturated heterocycles. The summed E-state index contributed by atoms with van der Waals surface area (Å²) in [7, 11) is 0. The Hall–Kier alpha value is -0.493. The van der Waals surface area contributed by atoms with Crippen LogP contribution in [0.15, 0.2) is 36.1 Å². The van der Waals surface area contributed by atoms with Crippen LogP contribution in [0.25, 0.3) is 5.70 Å². The normalized spacial score (nSPS) is 11.2. The van der Waals surface area contributed by atoms with Crippen molar-refractivity contribution in [3.63, 3.8) is 0 Å². The maximum Gasteiger partial charge on any atom is 1.00 e. The van der Waals surface area contributed by atoms with E-state index >= 15 is 0 Å². The summed E-state index contributed by atoms with van der Waals surface area (Å²) in [6.45, 7) is 7.87. The van der Waals surface area contributed by atoms with Gasteiger partial charge in [-0.2, -0.15) is 0 Å². The van der Waals surface area contributed by atoms with Crippen LogP contribution >= 0.6 is 0 Å². The predicted octanol–water partition coefficient (Wildman–Crippen LogP) is -0.683. The van der Waals surface area contributed by atoms with E-state index in [1.54, 1.807) is 0 Å². The van der Waals surface area contributed by atoms with Crippen LogP contribution in [0, 0.1) is 0 Å². The molecule has 0 aliphatic rings.